The van der Waals surface area contributed by atoms with Gasteiger partial charge < -0.3 is 21.2 Å². The van der Waals surface area contributed by atoms with Gasteiger partial charge >= 0.3 is 5.97 Å². The van der Waals surface area contributed by atoms with Crippen LogP contribution in [-0.4, -0.2) is 51.8 Å². The van der Waals surface area contributed by atoms with E-state index in [1.807, 2.05) is 4.90 Å². The van der Waals surface area contributed by atoms with Gasteiger partial charge in [0.05, 0.1) is 12.0 Å². The van der Waals surface area contributed by atoms with Crippen molar-refractivity contribution in [1.29, 1.82) is 0 Å². The van der Waals surface area contributed by atoms with Crippen LogP contribution in [0.4, 0.5) is 0 Å². The summed E-state index contributed by atoms with van der Waals surface area (Å²) in [7, 11) is 0. The average Bonchev–Trinajstić information content (AvgIpc) is 2.54. The predicted molar refractivity (Wildman–Crippen MR) is 80.7 cm³/mol. The summed E-state index contributed by atoms with van der Waals surface area (Å²) in [6.45, 7) is 1.66. The average molecular weight is 307 g/mol. The molecule has 1 aliphatic rings. The molecule has 1 saturated heterocycles. The van der Waals surface area contributed by atoms with Crippen LogP contribution in [0.15, 0.2) is 29.4 Å². The Labute approximate surface area is 128 Å². The summed E-state index contributed by atoms with van der Waals surface area (Å²) in [4.78, 5) is 13.0. The van der Waals surface area contributed by atoms with E-state index in [0.29, 0.717) is 30.6 Å². The Balaban J connectivity index is 1.97. The molecule has 7 heteroatoms. The molecule has 1 fully saturated rings. The number of piperidine rings is 1. The molecule has 0 aliphatic carbocycles. The van der Waals surface area contributed by atoms with Gasteiger partial charge in [-0.15, -0.1) is 0 Å². The number of oxime groups is 1. The molecule has 22 heavy (non-hydrogen) atoms. The van der Waals surface area contributed by atoms with Crippen molar-refractivity contribution in [1.82, 2.24) is 4.90 Å². The lowest BCUT2D eigenvalue weighted by molar-refractivity contribution is -0.143. The number of aliphatic hydroxyl groups excluding tert-OH is 1. The second-order valence-corrected chi connectivity index (χ2v) is 5.56. The van der Waals surface area contributed by atoms with E-state index in [-0.39, 0.29) is 11.8 Å². The number of carboxylic acids is 1. The molecule has 120 valence electrons. The molecule has 5 N–H and O–H groups in total. The number of likely N-dealkylation sites (tertiary alicyclic amines) is 1. The predicted octanol–water partition coefficient (Wildman–Crippen LogP) is 0.611. The summed E-state index contributed by atoms with van der Waals surface area (Å²) in [5.74, 6) is -1.12. The van der Waals surface area contributed by atoms with E-state index in [0.717, 1.165) is 13.0 Å². The number of nitrogens with zero attached hydrogens (tertiary/aromatic N) is 2. The summed E-state index contributed by atoms with van der Waals surface area (Å²) in [5.41, 5.74) is 6.77. The smallest absolute Gasteiger partial charge is 0.307 e. The van der Waals surface area contributed by atoms with Gasteiger partial charge in [-0.25, -0.2) is 0 Å². The van der Waals surface area contributed by atoms with Crippen LogP contribution >= 0.6 is 0 Å². The summed E-state index contributed by atoms with van der Waals surface area (Å²) in [6, 6.07) is 6.78. The Morgan fingerprint density at radius 3 is 2.68 bits per heavy atom. The second-order valence-electron chi connectivity index (χ2n) is 5.56. The van der Waals surface area contributed by atoms with Crippen molar-refractivity contribution in [2.45, 2.75) is 18.9 Å². The van der Waals surface area contributed by atoms with E-state index in [2.05, 4.69) is 5.16 Å². The van der Waals surface area contributed by atoms with Crippen LogP contribution in [0.5, 0.6) is 0 Å². The standard InChI is InChI=1S/C15H21N3O4/c16-14(17-22)11-5-3-10(4-6-11)13(19)9-18-7-1-2-12(8-18)15(20)21/h3-6,12-13,19,22H,1-2,7-9H2,(H2,16,17)(H,20,21)/t12?,13-/m1/s1. The van der Waals surface area contributed by atoms with E-state index >= 15 is 0 Å². The third-order valence-corrected chi connectivity index (χ3v) is 3.98. The van der Waals surface area contributed by atoms with Gasteiger partial charge in [0, 0.05) is 18.7 Å². The molecule has 0 saturated carbocycles. The van der Waals surface area contributed by atoms with Gasteiger partial charge in [0.2, 0.25) is 0 Å². The Kier molecular flexibility index (Phi) is 5.35. The van der Waals surface area contributed by atoms with Gasteiger partial charge in [0.15, 0.2) is 5.84 Å². The fraction of sp³-hybridized carbons (Fsp3) is 0.467. The number of carboxylic acid groups (broad SMARTS) is 1. The van der Waals surface area contributed by atoms with Crippen molar-refractivity contribution >= 4 is 11.8 Å². The topological polar surface area (TPSA) is 119 Å². The first-order valence-electron chi connectivity index (χ1n) is 7.22. The number of nitrogens with two attached hydrogens (primary N) is 1. The van der Waals surface area contributed by atoms with E-state index in [1.165, 1.54) is 0 Å². The largest absolute Gasteiger partial charge is 0.481 e. The maximum atomic E-state index is 11.1. The number of aliphatic carboxylic acids is 1. The highest BCUT2D eigenvalue weighted by atomic mass is 16.4. The van der Waals surface area contributed by atoms with E-state index in [4.69, 9.17) is 16.0 Å². The maximum absolute atomic E-state index is 11.1. The molecule has 0 amide bonds. The monoisotopic (exact) mass is 307 g/mol. The van der Waals surface area contributed by atoms with E-state index < -0.39 is 12.1 Å². The maximum Gasteiger partial charge on any atom is 0.307 e. The zero-order chi connectivity index (χ0) is 16.1. The quantitative estimate of drug-likeness (QED) is 0.274. The van der Waals surface area contributed by atoms with Crippen LogP contribution in [0.1, 0.15) is 30.1 Å². The molecule has 0 aromatic heterocycles. The normalized spacial score (nSPS) is 21.5. The summed E-state index contributed by atoms with van der Waals surface area (Å²) in [5, 5.41) is 30.9. The van der Waals surface area contributed by atoms with Gasteiger partial charge in [0.1, 0.15) is 0 Å². The van der Waals surface area contributed by atoms with E-state index in [9.17, 15) is 9.90 Å². The molecule has 2 atom stereocenters. The van der Waals surface area contributed by atoms with Gasteiger partial charge in [-0.3, -0.25) is 9.69 Å². The van der Waals surface area contributed by atoms with Crippen molar-refractivity contribution in [2.75, 3.05) is 19.6 Å². The highest BCUT2D eigenvalue weighted by molar-refractivity contribution is 5.96. The third-order valence-electron chi connectivity index (χ3n) is 3.98. The van der Waals surface area contributed by atoms with Crippen LogP contribution < -0.4 is 5.73 Å². The highest BCUT2D eigenvalue weighted by Crippen LogP contribution is 2.21. The Morgan fingerprint density at radius 2 is 2.09 bits per heavy atom. The van der Waals surface area contributed by atoms with Gasteiger partial charge in [0.25, 0.3) is 0 Å². The number of rotatable bonds is 5. The second kappa shape index (κ2) is 7.24. The van der Waals surface area contributed by atoms with Crippen LogP contribution in [-0.2, 0) is 4.79 Å². The number of carbonyl (C=O) groups is 1. The Morgan fingerprint density at radius 1 is 1.41 bits per heavy atom. The number of aliphatic hydroxyl groups is 1. The molecule has 1 aromatic carbocycles. The fourth-order valence-electron chi connectivity index (χ4n) is 2.71. The van der Waals surface area contributed by atoms with Crippen molar-refractivity contribution in [3.05, 3.63) is 35.4 Å². The van der Waals surface area contributed by atoms with Crippen LogP contribution in [0.25, 0.3) is 0 Å². The number of hydrogen-bond acceptors (Lipinski definition) is 5. The Bertz CT molecular complexity index is 544. The number of amidine groups is 1. The minimum Gasteiger partial charge on any atom is -0.481 e. The van der Waals surface area contributed by atoms with Crippen molar-refractivity contribution in [3.63, 3.8) is 0 Å². The SMILES string of the molecule is NC(=NO)c1ccc([C@H](O)CN2CCCC(C(=O)O)C2)cc1. The van der Waals surface area contributed by atoms with Crippen molar-refractivity contribution < 1.29 is 20.2 Å². The number of β-amino-alcohol motifs (C(OH)–C–C–N with tert-alkyl or cyclic N) is 1. The van der Waals surface area contributed by atoms with Crippen molar-refractivity contribution in [2.24, 2.45) is 16.8 Å². The molecule has 1 aromatic rings. The third kappa shape index (κ3) is 3.96. The molecule has 2 rings (SSSR count). The summed E-state index contributed by atoms with van der Waals surface area (Å²) < 4.78 is 0. The highest BCUT2D eigenvalue weighted by Gasteiger charge is 2.26. The fourth-order valence-corrected chi connectivity index (χ4v) is 2.71. The molecular weight excluding hydrogens is 286 g/mol. The molecule has 1 unspecified atom stereocenters. The lowest BCUT2D eigenvalue weighted by Gasteiger charge is -2.32. The number of benzene rings is 1. The number of hydrogen-bond donors (Lipinski definition) is 4. The Hall–Kier alpha value is -2.12. The molecule has 0 bridgehead atoms. The zero-order valence-electron chi connectivity index (χ0n) is 12.2. The van der Waals surface area contributed by atoms with Gasteiger partial charge in [-0.1, -0.05) is 29.4 Å². The van der Waals surface area contributed by atoms with Crippen LogP contribution in [0.3, 0.4) is 0 Å². The molecular formula is C15H21N3O4. The van der Waals surface area contributed by atoms with Gasteiger partial charge in [-0.2, -0.15) is 0 Å². The van der Waals surface area contributed by atoms with Crippen LogP contribution in [0.2, 0.25) is 0 Å². The summed E-state index contributed by atoms with van der Waals surface area (Å²) >= 11 is 0. The first kappa shape index (κ1) is 16.3. The molecule has 0 spiro atoms. The minimum absolute atomic E-state index is 0.0152. The van der Waals surface area contributed by atoms with Crippen molar-refractivity contribution in [3.8, 4) is 0 Å². The molecule has 0 radical (unpaired) electrons. The van der Waals surface area contributed by atoms with Crippen LogP contribution in [0, 0.1) is 5.92 Å². The zero-order valence-corrected chi connectivity index (χ0v) is 12.2. The molecule has 1 aliphatic heterocycles. The first-order valence-corrected chi connectivity index (χ1v) is 7.22. The lowest BCUT2D eigenvalue weighted by Crippen LogP contribution is -2.40. The first-order chi connectivity index (χ1) is 10.5. The summed E-state index contributed by atoms with van der Waals surface area (Å²) in [6.07, 6.45) is 0.816. The minimum atomic E-state index is -0.776. The van der Waals surface area contributed by atoms with Gasteiger partial charge in [-0.05, 0) is 24.9 Å². The molecule has 1 heterocycles. The molecule has 7 nitrogen and oxygen atoms in total. The van der Waals surface area contributed by atoms with E-state index in [1.54, 1.807) is 24.3 Å². The lowest BCUT2D eigenvalue weighted by atomic mass is 9.97.